The van der Waals surface area contributed by atoms with Crippen LogP contribution >= 0.6 is 23.2 Å². The summed E-state index contributed by atoms with van der Waals surface area (Å²) in [5, 5.41) is 3.09. The summed E-state index contributed by atoms with van der Waals surface area (Å²) >= 11 is 12.0. The molecular weight excluding hydrogens is 479 g/mol. The number of hydrogen-bond donors (Lipinski definition) is 4. The van der Waals surface area contributed by atoms with E-state index in [-0.39, 0.29) is 12.8 Å². The molecule has 0 aliphatic carbocycles. The standard InChI is InChI=1S/C24H22Cl2N4O4/c25-15-1-3-17-13(11-29-19(17)9-15)7-21(27)33-23(31)5-6-24(32)34-22(28)8-14-12-30-20-10-16(26)2-4-18(14)20/h1-6,9-12,21-22,29-30H,7-8,27-28H2/b6-5+. The highest BCUT2D eigenvalue weighted by Gasteiger charge is 2.15. The Balaban J connectivity index is 1.26. The van der Waals surface area contributed by atoms with Gasteiger partial charge >= 0.3 is 11.9 Å². The number of ether oxygens (including phenoxy) is 2. The number of nitrogens with two attached hydrogens (primary N) is 2. The average Bonchev–Trinajstić information content (AvgIpc) is 3.35. The molecule has 0 aliphatic rings. The lowest BCUT2D eigenvalue weighted by Crippen LogP contribution is -2.29. The molecule has 0 radical (unpaired) electrons. The zero-order valence-electron chi connectivity index (χ0n) is 17.9. The van der Waals surface area contributed by atoms with Crippen LogP contribution in [0.5, 0.6) is 0 Å². The first kappa shape index (κ1) is 23.8. The smallest absolute Gasteiger partial charge is 0.332 e. The predicted octanol–water partition coefficient (Wildman–Crippen LogP) is 3.95. The highest BCUT2D eigenvalue weighted by atomic mass is 35.5. The molecule has 0 aliphatic heterocycles. The van der Waals surface area contributed by atoms with Crippen LogP contribution in [0.1, 0.15) is 11.1 Å². The van der Waals surface area contributed by atoms with Gasteiger partial charge in [-0.05, 0) is 35.4 Å². The maximum absolute atomic E-state index is 12.0. The van der Waals surface area contributed by atoms with E-state index in [0.29, 0.717) is 10.0 Å². The first-order valence-corrected chi connectivity index (χ1v) is 11.2. The van der Waals surface area contributed by atoms with Crippen LogP contribution in [0.4, 0.5) is 0 Å². The van der Waals surface area contributed by atoms with Crippen LogP contribution in [0, 0.1) is 0 Å². The van der Waals surface area contributed by atoms with Crippen molar-refractivity contribution in [1.29, 1.82) is 0 Å². The minimum absolute atomic E-state index is 0.284. The maximum Gasteiger partial charge on any atom is 0.332 e. The third-order valence-electron chi connectivity index (χ3n) is 5.19. The number of hydrogen-bond acceptors (Lipinski definition) is 6. The molecule has 2 aromatic heterocycles. The van der Waals surface area contributed by atoms with Crippen LogP contribution in [-0.2, 0) is 31.9 Å². The lowest BCUT2D eigenvalue weighted by molar-refractivity contribution is -0.145. The number of aromatic nitrogens is 2. The van der Waals surface area contributed by atoms with Gasteiger partial charge in [0, 0.05) is 69.2 Å². The Labute approximate surface area is 204 Å². The number of carbonyl (C=O) groups excluding carboxylic acids is 2. The van der Waals surface area contributed by atoms with E-state index in [1.807, 2.05) is 12.1 Å². The fraction of sp³-hybridized carbons (Fsp3) is 0.167. The van der Waals surface area contributed by atoms with Crippen LogP contribution in [0.3, 0.4) is 0 Å². The van der Waals surface area contributed by atoms with Gasteiger partial charge in [-0.3, -0.25) is 11.5 Å². The summed E-state index contributed by atoms with van der Waals surface area (Å²) in [5.74, 6) is -1.54. The first-order chi connectivity index (χ1) is 16.3. The zero-order valence-corrected chi connectivity index (χ0v) is 19.4. The molecule has 0 bridgehead atoms. The lowest BCUT2D eigenvalue weighted by atomic mass is 10.1. The van der Waals surface area contributed by atoms with E-state index < -0.39 is 24.4 Å². The van der Waals surface area contributed by atoms with Gasteiger partial charge in [0.2, 0.25) is 0 Å². The van der Waals surface area contributed by atoms with Crippen molar-refractivity contribution in [3.8, 4) is 0 Å². The van der Waals surface area contributed by atoms with Crippen LogP contribution in [0.2, 0.25) is 10.0 Å². The monoisotopic (exact) mass is 500 g/mol. The van der Waals surface area contributed by atoms with Crippen molar-refractivity contribution < 1.29 is 19.1 Å². The van der Waals surface area contributed by atoms with Crippen molar-refractivity contribution in [3.05, 3.63) is 82.1 Å². The van der Waals surface area contributed by atoms with Crippen LogP contribution < -0.4 is 11.5 Å². The number of fused-ring (bicyclic) bond motifs is 2. The molecule has 176 valence electrons. The minimum atomic E-state index is -0.902. The molecule has 2 aromatic carbocycles. The normalized spacial score (nSPS) is 13.4. The number of benzene rings is 2. The molecule has 0 saturated carbocycles. The fourth-order valence-corrected chi connectivity index (χ4v) is 4.03. The topological polar surface area (TPSA) is 136 Å². The minimum Gasteiger partial charge on any atom is -0.443 e. The first-order valence-electron chi connectivity index (χ1n) is 10.4. The molecular formula is C24H22Cl2N4O4. The second kappa shape index (κ2) is 10.3. The molecule has 6 N–H and O–H groups in total. The van der Waals surface area contributed by atoms with E-state index in [4.69, 9.17) is 44.1 Å². The number of aromatic amines is 2. The molecule has 2 heterocycles. The Morgan fingerprint density at radius 3 is 1.62 bits per heavy atom. The van der Waals surface area contributed by atoms with Crippen molar-refractivity contribution >= 4 is 56.9 Å². The number of rotatable bonds is 8. The van der Waals surface area contributed by atoms with Gasteiger partial charge < -0.3 is 19.4 Å². The Morgan fingerprint density at radius 1 is 0.794 bits per heavy atom. The van der Waals surface area contributed by atoms with Gasteiger partial charge in [0.1, 0.15) is 0 Å². The number of nitrogens with one attached hydrogen (secondary N) is 2. The molecule has 2 unspecified atom stereocenters. The number of carbonyl (C=O) groups is 2. The van der Waals surface area contributed by atoms with Crippen molar-refractivity contribution in [3.63, 3.8) is 0 Å². The Morgan fingerprint density at radius 2 is 1.21 bits per heavy atom. The molecule has 10 heteroatoms. The van der Waals surface area contributed by atoms with Crippen LogP contribution in [0.25, 0.3) is 21.8 Å². The SMILES string of the molecule is NC(Cc1c[nH]c2cc(Cl)ccc12)OC(=O)/C=C/C(=O)OC(N)Cc1c[nH]c2cc(Cl)ccc12. The van der Waals surface area contributed by atoms with Gasteiger partial charge in [-0.15, -0.1) is 0 Å². The third-order valence-corrected chi connectivity index (χ3v) is 5.66. The van der Waals surface area contributed by atoms with Crippen molar-refractivity contribution in [2.24, 2.45) is 11.5 Å². The Kier molecular flexibility index (Phi) is 7.23. The Bertz CT molecular complexity index is 1270. The van der Waals surface area contributed by atoms with Gasteiger partial charge in [0.15, 0.2) is 12.5 Å². The summed E-state index contributed by atoms with van der Waals surface area (Å²) in [6.07, 6.45) is 4.24. The summed E-state index contributed by atoms with van der Waals surface area (Å²) < 4.78 is 10.3. The zero-order chi connectivity index (χ0) is 24.2. The van der Waals surface area contributed by atoms with E-state index in [1.165, 1.54) is 0 Å². The Hall–Kier alpha value is -3.30. The number of H-pyrrole nitrogens is 2. The summed E-state index contributed by atoms with van der Waals surface area (Å²) in [4.78, 5) is 30.3. The average molecular weight is 501 g/mol. The number of halogens is 2. The second-order valence-electron chi connectivity index (χ2n) is 7.70. The van der Waals surface area contributed by atoms with E-state index >= 15 is 0 Å². The van der Waals surface area contributed by atoms with E-state index in [1.54, 1.807) is 36.7 Å². The molecule has 0 saturated heterocycles. The highest BCUT2D eigenvalue weighted by molar-refractivity contribution is 6.31. The van der Waals surface area contributed by atoms with Crippen molar-refractivity contribution in [2.75, 3.05) is 0 Å². The second-order valence-corrected chi connectivity index (χ2v) is 8.57. The molecule has 4 rings (SSSR count). The van der Waals surface area contributed by atoms with Gasteiger partial charge in [-0.1, -0.05) is 35.3 Å². The summed E-state index contributed by atoms with van der Waals surface area (Å²) in [7, 11) is 0. The molecule has 2 atom stereocenters. The van der Waals surface area contributed by atoms with Gasteiger partial charge in [0.05, 0.1) is 0 Å². The summed E-state index contributed by atoms with van der Waals surface area (Å²) in [5.41, 5.74) is 15.3. The molecule has 4 aromatic rings. The quantitative estimate of drug-likeness (QED) is 0.164. The largest absolute Gasteiger partial charge is 0.443 e. The maximum atomic E-state index is 12.0. The van der Waals surface area contributed by atoms with Crippen molar-refractivity contribution in [2.45, 2.75) is 25.3 Å². The van der Waals surface area contributed by atoms with Crippen LogP contribution in [0.15, 0.2) is 60.9 Å². The molecule has 8 nitrogen and oxygen atoms in total. The van der Waals surface area contributed by atoms with Crippen molar-refractivity contribution in [1.82, 2.24) is 9.97 Å². The summed E-state index contributed by atoms with van der Waals surface area (Å²) in [6, 6.07) is 10.9. The van der Waals surface area contributed by atoms with Gasteiger partial charge in [0.25, 0.3) is 0 Å². The molecule has 0 fully saturated rings. The van der Waals surface area contributed by atoms with Gasteiger partial charge in [-0.25, -0.2) is 9.59 Å². The highest BCUT2D eigenvalue weighted by Crippen LogP contribution is 2.24. The predicted molar refractivity (Wildman–Crippen MR) is 131 cm³/mol. The fourth-order valence-electron chi connectivity index (χ4n) is 3.68. The number of esters is 2. The van der Waals surface area contributed by atoms with E-state index in [9.17, 15) is 9.59 Å². The third kappa shape index (κ3) is 5.78. The lowest BCUT2D eigenvalue weighted by Gasteiger charge is -2.12. The molecule has 0 spiro atoms. The van der Waals surface area contributed by atoms with E-state index in [0.717, 1.165) is 45.1 Å². The van der Waals surface area contributed by atoms with E-state index in [2.05, 4.69) is 9.97 Å². The van der Waals surface area contributed by atoms with Gasteiger partial charge in [-0.2, -0.15) is 0 Å². The molecule has 0 amide bonds. The molecule has 34 heavy (non-hydrogen) atoms. The summed E-state index contributed by atoms with van der Waals surface area (Å²) in [6.45, 7) is 0. The van der Waals surface area contributed by atoms with Crippen LogP contribution in [-0.4, -0.2) is 34.4 Å².